The molecule has 1 aliphatic heterocycles. The van der Waals surface area contributed by atoms with E-state index in [9.17, 15) is 14.4 Å². The van der Waals surface area contributed by atoms with Crippen molar-refractivity contribution in [3.8, 4) is 0 Å². The van der Waals surface area contributed by atoms with E-state index in [1.54, 1.807) is 30.2 Å². The largest absolute Gasteiger partial charge is 0.368 e. The summed E-state index contributed by atoms with van der Waals surface area (Å²) >= 11 is 0. The topological polar surface area (TPSA) is 131 Å². The number of rotatable bonds is 6. The summed E-state index contributed by atoms with van der Waals surface area (Å²) < 4.78 is 0. The van der Waals surface area contributed by atoms with Crippen molar-refractivity contribution in [2.24, 2.45) is 34.1 Å². The molecule has 1 aliphatic carbocycles. The van der Waals surface area contributed by atoms with E-state index in [0.29, 0.717) is 12.2 Å². The van der Waals surface area contributed by atoms with Gasteiger partial charge in [-0.1, -0.05) is 47.6 Å². The number of fused-ring (bicyclic) bond motifs is 1. The van der Waals surface area contributed by atoms with Crippen molar-refractivity contribution < 1.29 is 14.4 Å². The van der Waals surface area contributed by atoms with Gasteiger partial charge in [-0.2, -0.15) is 0 Å². The zero-order valence-corrected chi connectivity index (χ0v) is 19.3. The summed E-state index contributed by atoms with van der Waals surface area (Å²) in [6, 6.07) is 3.07. The fraction of sp³-hybridized carbons (Fsp3) is 0.652. The van der Waals surface area contributed by atoms with Crippen LogP contribution in [0.5, 0.6) is 0 Å². The molecule has 1 saturated heterocycles. The van der Waals surface area contributed by atoms with Gasteiger partial charge in [0.1, 0.15) is 12.1 Å². The molecule has 6 atom stereocenters. The van der Waals surface area contributed by atoms with Gasteiger partial charge in [0.15, 0.2) is 0 Å². The number of nitrogens with zero attached hydrogens (tertiary/aromatic N) is 2. The normalized spacial score (nSPS) is 27.1. The summed E-state index contributed by atoms with van der Waals surface area (Å²) in [5.41, 5.74) is 12.1. The molecule has 0 radical (unpaired) electrons. The molecule has 1 aromatic rings. The van der Waals surface area contributed by atoms with Crippen LogP contribution in [0.25, 0.3) is 0 Å². The van der Waals surface area contributed by atoms with E-state index in [0.717, 1.165) is 0 Å². The smallest absolute Gasteiger partial charge is 0.243 e. The van der Waals surface area contributed by atoms with Gasteiger partial charge in [0.2, 0.25) is 17.7 Å². The maximum absolute atomic E-state index is 13.4. The number of amides is 3. The number of nitrogens with one attached hydrogen (secondary N) is 1. The number of hydrogen-bond acceptors (Lipinski definition) is 5. The van der Waals surface area contributed by atoms with Crippen molar-refractivity contribution in [2.45, 2.75) is 65.6 Å². The lowest BCUT2D eigenvalue weighted by Gasteiger charge is -2.36. The Kier molecular flexibility index (Phi) is 5.90. The molecule has 2 unspecified atom stereocenters. The molecule has 0 aromatic carbocycles. The lowest BCUT2D eigenvalue weighted by atomic mass is 9.86. The third-order valence-electron chi connectivity index (χ3n) is 7.22. The average Bonchev–Trinajstić information content (AvgIpc) is 3.04. The molecule has 31 heavy (non-hydrogen) atoms. The van der Waals surface area contributed by atoms with Crippen LogP contribution >= 0.6 is 0 Å². The second-order valence-electron chi connectivity index (χ2n) is 10.7. The molecule has 2 aliphatic rings. The molecular weight excluding hydrogens is 394 g/mol. The standard InChI is InChI=1S/C23H35N5O3/c1-12(14-9-7-8-10-26-14)16(19(25)29)27-20(30)17-15-13(23(15,5)6)11-28(17)21(31)18(24)22(2,3)4/h7-10,12-13,15-18H,11,24H2,1-6H3,(H2,25,29)(H,27,30)/t12?,13-,15-,16?,17-,18+/m0/s1. The first kappa shape index (κ1) is 23.2. The molecular formula is C23H35N5O3. The van der Waals surface area contributed by atoms with Crippen molar-refractivity contribution in [1.82, 2.24) is 15.2 Å². The van der Waals surface area contributed by atoms with E-state index in [4.69, 9.17) is 11.5 Å². The Balaban J connectivity index is 1.84. The van der Waals surface area contributed by atoms with E-state index < -0.39 is 35.4 Å². The monoisotopic (exact) mass is 429 g/mol. The molecule has 1 saturated carbocycles. The molecule has 5 N–H and O–H groups in total. The van der Waals surface area contributed by atoms with Gasteiger partial charge in [-0.15, -0.1) is 0 Å². The minimum Gasteiger partial charge on any atom is -0.368 e. The minimum atomic E-state index is -0.934. The Labute approximate surface area is 184 Å². The van der Waals surface area contributed by atoms with Crippen LogP contribution in [0.15, 0.2) is 24.4 Å². The summed E-state index contributed by atoms with van der Waals surface area (Å²) in [5.74, 6) is -1.38. The van der Waals surface area contributed by atoms with E-state index in [1.165, 1.54) is 0 Å². The highest BCUT2D eigenvalue weighted by Gasteiger charge is 2.69. The Morgan fingerprint density at radius 1 is 1.26 bits per heavy atom. The van der Waals surface area contributed by atoms with Gasteiger partial charge in [-0.3, -0.25) is 19.4 Å². The van der Waals surface area contributed by atoms with E-state index in [1.807, 2.05) is 26.8 Å². The number of likely N-dealkylation sites (tertiary alicyclic amines) is 1. The van der Waals surface area contributed by atoms with Crippen LogP contribution in [-0.2, 0) is 14.4 Å². The number of primary amides is 1. The number of piperidine rings is 1. The first-order valence-electron chi connectivity index (χ1n) is 10.8. The maximum Gasteiger partial charge on any atom is 0.243 e. The summed E-state index contributed by atoms with van der Waals surface area (Å²) in [6.45, 7) is 12.2. The van der Waals surface area contributed by atoms with Gasteiger partial charge in [0.05, 0.1) is 6.04 Å². The average molecular weight is 430 g/mol. The third kappa shape index (κ3) is 4.18. The molecule has 0 spiro atoms. The predicted molar refractivity (Wildman–Crippen MR) is 117 cm³/mol. The van der Waals surface area contributed by atoms with Gasteiger partial charge < -0.3 is 21.7 Å². The number of nitrogens with two attached hydrogens (primary N) is 2. The van der Waals surface area contributed by atoms with Gasteiger partial charge in [-0.25, -0.2) is 0 Å². The SMILES string of the molecule is CC(c1ccccn1)C(NC(=O)[C@@H]1[C@@H]2[C@H](CN1C(=O)[C@@H](N)C(C)(C)C)C2(C)C)C(N)=O. The van der Waals surface area contributed by atoms with Crippen LogP contribution < -0.4 is 16.8 Å². The summed E-state index contributed by atoms with van der Waals surface area (Å²) in [4.78, 5) is 44.7. The fourth-order valence-electron chi connectivity index (χ4n) is 4.86. The minimum absolute atomic E-state index is 0.0299. The highest BCUT2D eigenvalue weighted by Crippen LogP contribution is 2.65. The second kappa shape index (κ2) is 7.89. The van der Waals surface area contributed by atoms with Gasteiger partial charge in [-0.05, 0) is 34.8 Å². The molecule has 0 bridgehead atoms. The third-order valence-corrected chi connectivity index (χ3v) is 7.22. The molecule has 8 heteroatoms. The van der Waals surface area contributed by atoms with Crippen LogP contribution in [0.4, 0.5) is 0 Å². The quantitative estimate of drug-likeness (QED) is 0.621. The predicted octanol–water partition coefficient (Wildman–Crippen LogP) is 1.01. The summed E-state index contributed by atoms with van der Waals surface area (Å²) in [7, 11) is 0. The van der Waals surface area contributed by atoms with E-state index >= 15 is 0 Å². The molecule has 3 amide bonds. The Morgan fingerprint density at radius 2 is 1.90 bits per heavy atom. The van der Waals surface area contributed by atoms with Crippen molar-refractivity contribution in [1.29, 1.82) is 0 Å². The number of carbonyl (C=O) groups is 3. The second-order valence-corrected chi connectivity index (χ2v) is 10.7. The zero-order valence-electron chi connectivity index (χ0n) is 19.3. The molecule has 2 heterocycles. The number of hydrogen-bond donors (Lipinski definition) is 3. The van der Waals surface area contributed by atoms with Crippen LogP contribution in [0, 0.1) is 22.7 Å². The highest BCUT2D eigenvalue weighted by atomic mass is 16.2. The van der Waals surface area contributed by atoms with E-state index in [-0.39, 0.29) is 29.1 Å². The molecule has 3 rings (SSSR count). The number of aromatic nitrogens is 1. The van der Waals surface area contributed by atoms with E-state index in [2.05, 4.69) is 24.1 Å². The van der Waals surface area contributed by atoms with Crippen molar-refractivity contribution in [3.63, 3.8) is 0 Å². The highest BCUT2D eigenvalue weighted by molar-refractivity contribution is 5.94. The van der Waals surface area contributed by atoms with Gasteiger partial charge >= 0.3 is 0 Å². The van der Waals surface area contributed by atoms with Crippen molar-refractivity contribution in [2.75, 3.05) is 6.54 Å². The molecule has 8 nitrogen and oxygen atoms in total. The van der Waals surface area contributed by atoms with Crippen molar-refractivity contribution >= 4 is 17.7 Å². The van der Waals surface area contributed by atoms with Crippen LogP contribution in [0.1, 0.15) is 53.2 Å². The molecule has 170 valence electrons. The lowest BCUT2D eigenvalue weighted by molar-refractivity contribution is -0.143. The fourth-order valence-corrected chi connectivity index (χ4v) is 4.86. The number of carbonyl (C=O) groups excluding carboxylic acids is 3. The van der Waals surface area contributed by atoms with Crippen LogP contribution in [0.2, 0.25) is 0 Å². The zero-order chi connectivity index (χ0) is 23.3. The Morgan fingerprint density at radius 3 is 2.42 bits per heavy atom. The van der Waals surface area contributed by atoms with Crippen molar-refractivity contribution in [3.05, 3.63) is 30.1 Å². The summed E-state index contributed by atoms with van der Waals surface area (Å²) in [6.07, 6.45) is 1.63. The maximum atomic E-state index is 13.4. The first-order chi connectivity index (χ1) is 14.3. The Hall–Kier alpha value is -2.48. The van der Waals surface area contributed by atoms with Gasteiger partial charge in [0, 0.05) is 24.4 Å². The molecule has 2 fully saturated rings. The first-order valence-corrected chi connectivity index (χ1v) is 10.8. The lowest BCUT2D eigenvalue weighted by Crippen LogP contribution is -2.59. The van der Waals surface area contributed by atoms with Gasteiger partial charge in [0.25, 0.3) is 0 Å². The molecule has 1 aromatic heterocycles. The number of pyridine rings is 1. The van der Waals surface area contributed by atoms with Crippen LogP contribution in [-0.4, -0.2) is 52.3 Å². The summed E-state index contributed by atoms with van der Waals surface area (Å²) in [5, 5.41) is 2.83. The van der Waals surface area contributed by atoms with Crippen LogP contribution in [0.3, 0.4) is 0 Å². The Bertz CT molecular complexity index is 864.